The van der Waals surface area contributed by atoms with Gasteiger partial charge >= 0.3 is 6.09 Å². The predicted octanol–water partition coefficient (Wildman–Crippen LogP) is 15.6. The van der Waals surface area contributed by atoms with Crippen molar-refractivity contribution >= 4 is 88.8 Å². The quantitative estimate of drug-likeness (QED) is 0.137. The molecule has 3 aliphatic carbocycles. The number of hydrogen-bond donors (Lipinski definition) is 3. The van der Waals surface area contributed by atoms with E-state index in [1.165, 1.54) is 100 Å². The van der Waals surface area contributed by atoms with E-state index in [2.05, 4.69) is 198 Å². The van der Waals surface area contributed by atoms with Crippen molar-refractivity contribution in [2.75, 3.05) is 52.4 Å². The first-order chi connectivity index (χ1) is 46.0. The third-order valence-corrected chi connectivity index (χ3v) is 18.1. The Morgan fingerprint density at radius 2 is 0.667 bits per heavy atom. The van der Waals surface area contributed by atoms with Crippen molar-refractivity contribution in [2.45, 2.75) is 131 Å². The molecule has 6 aliphatic rings. The van der Waals surface area contributed by atoms with Gasteiger partial charge in [0.1, 0.15) is 12.1 Å². The van der Waals surface area contributed by atoms with E-state index in [1.54, 1.807) is 20.8 Å². The van der Waals surface area contributed by atoms with Gasteiger partial charge in [-0.3, -0.25) is 24.0 Å². The third kappa shape index (κ3) is 17.8. The first kappa shape index (κ1) is 69.2. The van der Waals surface area contributed by atoms with Gasteiger partial charge in [0.2, 0.25) is 29.5 Å². The summed E-state index contributed by atoms with van der Waals surface area (Å²) in [5.74, 6) is 0.0244. The van der Waals surface area contributed by atoms with E-state index in [-0.39, 0.29) is 54.5 Å². The number of ether oxygens (including phenoxy) is 1. The minimum Gasteiger partial charge on any atom is -0.444 e. The van der Waals surface area contributed by atoms with Crippen molar-refractivity contribution in [2.24, 2.45) is 5.41 Å². The van der Waals surface area contributed by atoms with Crippen LogP contribution in [0, 0.1) is 5.41 Å². The lowest BCUT2D eigenvalue weighted by Crippen LogP contribution is -2.44. The number of hydrogen-bond acceptors (Lipinski definition) is 7. The standard InChI is InChI=1S/2C28H32N2O2.C27H30N2O3/c1-28(2,3)27(32)29-17-14-25(31)30-18-15-22(16-19-30)26-23-10-6-4-8-20(23)12-13-21-9-5-7-11-24(21)26;1-28(2,3)29-25(31)14-15-26(32)30-18-16-22(17-19-30)27-23-10-6-4-8-20(23)12-13-21-9-5-7-11-24(21)27;1-27(2,3)32-26(31)28-18-24(30)29-16-14-21(15-17-29)25-22-10-6-4-8-19(22)12-13-20-9-5-7-11-23(20)25/h4-13H,14-19H2,1-3H3,(H,29,32);4-13H,14-19H2,1-3H3,(H,29,31);4-13H,14-18H2,1-3H3,(H,28,31). The highest BCUT2D eigenvalue weighted by atomic mass is 16.6. The molecule has 96 heavy (non-hydrogen) atoms. The van der Waals surface area contributed by atoms with E-state index >= 15 is 0 Å². The monoisotopic (exact) mass is 1290 g/mol. The number of nitrogens with one attached hydrogen (secondary N) is 3. The second kappa shape index (κ2) is 30.8. The van der Waals surface area contributed by atoms with Crippen molar-refractivity contribution in [3.63, 3.8) is 0 Å². The lowest BCUT2D eigenvalue weighted by molar-refractivity contribution is -0.134. The number of rotatable bonds is 8. The average Bonchev–Trinajstić information content (AvgIpc) is 1.43. The summed E-state index contributed by atoms with van der Waals surface area (Å²) in [6, 6.07) is 51.2. The largest absolute Gasteiger partial charge is 0.444 e. The highest BCUT2D eigenvalue weighted by Crippen LogP contribution is 2.42. The normalized spacial score (nSPS) is 15.6. The molecule has 3 aliphatic heterocycles. The summed E-state index contributed by atoms with van der Waals surface area (Å²) in [7, 11) is 0. The van der Waals surface area contributed by atoms with Gasteiger partial charge in [-0.15, -0.1) is 0 Å². The minimum absolute atomic E-state index is 0.0183. The zero-order valence-corrected chi connectivity index (χ0v) is 57.5. The van der Waals surface area contributed by atoms with Crippen molar-refractivity contribution < 1.29 is 33.5 Å². The molecule has 498 valence electrons. The van der Waals surface area contributed by atoms with Crippen molar-refractivity contribution in [3.8, 4) is 0 Å². The van der Waals surface area contributed by atoms with Gasteiger partial charge in [0.05, 0.1) is 0 Å². The summed E-state index contributed by atoms with van der Waals surface area (Å²) in [6.45, 7) is 21.4. The molecule has 0 saturated carbocycles. The maximum Gasteiger partial charge on any atom is 0.408 e. The Kier molecular flexibility index (Phi) is 22.2. The summed E-state index contributed by atoms with van der Waals surface area (Å²) >= 11 is 0. The van der Waals surface area contributed by atoms with Gasteiger partial charge in [0.25, 0.3) is 0 Å². The van der Waals surface area contributed by atoms with E-state index in [9.17, 15) is 28.8 Å². The van der Waals surface area contributed by atoms with Gasteiger partial charge in [0.15, 0.2) is 0 Å². The van der Waals surface area contributed by atoms with Crippen LogP contribution in [-0.4, -0.2) is 114 Å². The van der Waals surface area contributed by atoms with Gasteiger partial charge in [-0.25, -0.2) is 4.79 Å². The topological polar surface area (TPSA) is 157 Å². The lowest BCUT2D eigenvalue weighted by Gasteiger charge is -2.31. The number of piperidine rings is 3. The van der Waals surface area contributed by atoms with E-state index in [0.717, 1.165) is 51.6 Å². The molecule has 3 N–H and O–H groups in total. The molecule has 0 aromatic heterocycles. The molecular formula is C83H94N6O7. The van der Waals surface area contributed by atoms with Crippen LogP contribution in [0.2, 0.25) is 0 Å². The van der Waals surface area contributed by atoms with Crippen LogP contribution in [0.15, 0.2) is 162 Å². The van der Waals surface area contributed by atoms with Gasteiger partial charge in [-0.1, -0.05) is 220 Å². The molecule has 0 bridgehead atoms. The Morgan fingerprint density at radius 1 is 0.375 bits per heavy atom. The summed E-state index contributed by atoms with van der Waals surface area (Å²) in [4.78, 5) is 79.7. The maximum atomic E-state index is 12.7. The van der Waals surface area contributed by atoms with Crippen LogP contribution in [0.1, 0.15) is 187 Å². The Bertz CT molecular complexity index is 3740. The van der Waals surface area contributed by atoms with E-state index in [4.69, 9.17) is 4.74 Å². The summed E-state index contributed by atoms with van der Waals surface area (Å²) in [5.41, 5.74) is 21.8. The number of amides is 6. The molecule has 0 radical (unpaired) electrons. The smallest absolute Gasteiger partial charge is 0.408 e. The van der Waals surface area contributed by atoms with Crippen molar-refractivity contribution in [1.29, 1.82) is 0 Å². The Morgan fingerprint density at radius 3 is 0.958 bits per heavy atom. The van der Waals surface area contributed by atoms with E-state index in [1.807, 2.05) is 56.2 Å². The third-order valence-electron chi connectivity index (χ3n) is 18.1. The second-order valence-corrected chi connectivity index (χ2v) is 28.5. The second-order valence-electron chi connectivity index (χ2n) is 28.5. The number of nitrogens with zero attached hydrogens (tertiary/aromatic N) is 3. The minimum atomic E-state index is -0.584. The molecular weight excluding hydrogens is 1190 g/mol. The van der Waals surface area contributed by atoms with Crippen LogP contribution in [0.4, 0.5) is 4.79 Å². The zero-order chi connectivity index (χ0) is 68.2. The number of alkyl carbamates (subject to hydrolysis) is 1. The highest BCUT2D eigenvalue weighted by Gasteiger charge is 2.30. The SMILES string of the molecule is CC(C)(C)C(=O)NCCC(=O)N1CCC(=C2c3ccccc3C=Cc3ccccc32)CC1.CC(C)(C)NC(=O)CCC(=O)N1CCC(=C2c3ccccc3C=Cc3ccccc32)CC1.CC(C)(C)OC(=O)NCC(=O)N1CCC(=C2c3ccccc3C=Cc3ccccc32)CC1. The van der Waals surface area contributed by atoms with Crippen LogP contribution >= 0.6 is 0 Å². The lowest BCUT2D eigenvalue weighted by atomic mass is 9.86. The average molecular weight is 1290 g/mol. The predicted molar refractivity (Wildman–Crippen MR) is 389 cm³/mol. The zero-order valence-electron chi connectivity index (χ0n) is 57.5. The maximum absolute atomic E-state index is 12.7. The molecule has 3 fully saturated rings. The van der Waals surface area contributed by atoms with E-state index < -0.39 is 17.1 Å². The molecule has 0 unspecified atom stereocenters. The van der Waals surface area contributed by atoms with Crippen LogP contribution in [0.5, 0.6) is 0 Å². The van der Waals surface area contributed by atoms with Gasteiger partial charge in [0, 0.05) is 76.0 Å². The highest BCUT2D eigenvalue weighted by molar-refractivity contribution is 5.98. The summed E-state index contributed by atoms with van der Waals surface area (Å²) in [6.07, 6.45) is 18.6. The van der Waals surface area contributed by atoms with Crippen LogP contribution in [0.3, 0.4) is 0 Å². The molecule has 0 spiro atoms. The number of fused-ring (bicyclic) bond motifs is 6. The van der Waals surface area contributed by atoms with Crippen LogP contribution < -0.4 is 16.0 Å². The molecule has 3 saturated heterocycles. The van der Waals surface area contributed by atoms with Gasteiger partial charge < -0.3 is 35.4 Å². The van der Waals surface area contributed by atoms with Crippen LogP contribution in [-0.2, 0) is 28.7 Å². The van der Waals surface area contributed by atoms with Crippen molar-refractivity contribution in [1.82, 2.24) is 30.7 Å². The van der Waals surface area contributed by atoms with Crippen LogP contribution in [0.25, 0.3) is 53.2 Å². The molecule has 6 amide bonds. The summed E-state index contributed by atoms with van der Waals surface area (Å²) in [5, 5.41) is 8.38. The number of carbonyl (C=O) groups excluding carboxylic acids is 6. The van der Waals surface area contributed by atoms with Crippen molar-refractivity contribution in [3.05, 3.63) is 229 Å². The first-order valence-electron chi connectivity index (χ1n) is 34.1. The fourth-order valence-electron chi connectivity index (χ4n) is 13.3. The van der Waals surface area contributed by atoms with Gasteiger partial charge in [-0.05, 0) is 164 Å². The number of carbonyl (C=O) groups is 6. The fourth-order valence-corrected chi connectivity index (χ4v) is 13.3. The van der Waals surface area contributed by atoms with Gasteiger partial charge in [-0.2, -0.15) is 0 Å². The molecule has 12 rings (SSSR count). The Labute approximate surface area is 568 Å². The molecule has 13 nitrogen and oxygen atoms in total. The Balaban J connectivity index is 0.000000157. The summed E-state index contributed by atoms with van der Waals surface area (Å²) < 4.78 is 5.22. The first-order valence-corrected chi connectivity index (χ1v) is 34.1. The molecule has 0 atom stereocenters. The number of benzene rings is 6. The molecule has 3 heterocycles. The number of likely N-dealkylation sites (tertiary alicyclic amines) is 3. The van der Waals surface area contributed by atoms with E-state index in [0.29, 0.717) is 39.1 Å². The fraction of sp³-hybridized carbons (Fsp3) is 0.349. The molecule has 13 heteroatoms. The molecule has 6 aromatic carbocycles. The molecule has 6 aromatic rings. The Hall–Kier alpha value is -9.62.